The molecule has 160 valence electrons. The fourth-order valence-corrected chi connectivity index (χ4v) is 4.05. The molecule has 0 aliphatic carbocycles. The summed E-state index contributed by atoms with van der Waals surface area (Å²) in [4.78, 5) is 27.9. The fraction of sp³-hybridized carbons (Fsp3) is 0.278. The molecule has 30 heavy (non-hydrogen) atoms. The van der Waals surface area contributed by atoms with E-state index in [1.165, 1.54) is 43.5 Å². The van der Waals surface area contributed by atoms with Crippen molar-refractivity contribution in [3.05, 3.63) is 48.2 Å². The number of rotatable bonds is 5. The molecular formula is C18H16F3N3O5S. The minimum atomic E-state index is -4.80. The summed E-state index contributed by atoms with van der Waals surface area (Å²) < 4.78 is 71.5. The zero-order valence-electron chi connectivity index (χ0n) is 15.7. The minimum Gasteiger partial charge on any atom is -0.434 e. The Labute approximate surface area is 169 Å². The summed E-state index contributed by atoms with van der Waals surface area (Å²) in [5, 5.41) is 0. The number of nitrogens with one attached hydrogen (secondary N) is 1. The lowest BCUT2D eigenvalue weighted by molar-refractivity contribution is -0.198. The lowest BCUT2D eigenvalue weighted by atomic mass is 10.1. The van der Waals surface area contributed by atoms with Crippen LogP contribution in [0.1, 0.15) is 24.2 Å². The smallest absolute Gasteiger partial charge is 0.427 e. The molecule has 2 atom stereocenters. The molecule has 12 heteroatoms. The maximum atomic E-state index is 13.1. The number of hydrogen-bond acceptors (Lipinski definition) is 6. The third-order valence-corrected chi connectivity index (χ3v) is 5.77. The van der Waals surface area contributed by atoms with Gasteiger partial charge in [0.25, 0.3) is 10.0 Å². The van der Waals surface area contributed by atoms with Crippen LogP contribution in [0.2, 0.25) is 0 Å². The number of carbonyl (C=O) groups excluding carboxylic acids is 2. The van der Waals surface area contributed by atoms with E-state index in [0.29, 0.717) is 4.90 Å². The first-order chi connectivity index (χ1) is 13.9. The van der Waals surface area contributed by atoms with E-state index in [1.807, 2.05) is 0 Å². The number of amides is 1. The Morgan fingerprint density at radius 3 is 2.53 bits per heavy atom. The van der Waals surface area contributed by atoms with Crippen molar-refractivity contribution in [1.82, 2.24) is 4.98 Å². The first-order valence-electron chi connectivity index (χ1n) is 8.57. The number of anilines is 2. The summed E-state index contributed by atoms with van der Waals surface area (Å²) in [5.74, 6) is -0.686. The summed E-state index contributed by atoms with van der Waals surface area (Å²) in [7, 11) is -4.24. The average molecular weight is 443 g/mol. The van der Waals surface area contributed by atoms with Crippen LogP contribution < -0.4 is 9.62 Å². The summed E-state index contributed by atoms with van der Waals surface area (Å²) in [6.07, 6.45) is -7.29. The van der Waals surface area contributed by atoms with Gasteiger partial charge in [0, 0.05) is 11.8 Å². The van der Waals surface area contributed by atoms with Crippen LogP contribution in [0.3, 0.4) is 0 Å². The summed E-state index contributed by atoms with van der Waals surface area (Å²) >= 11 is 0. The topological polar surface area (TPSA) is 106 Å². The first kappa shape index (κ1) is 21.6. The second-order valence-electron chi connectivity index (χ2n) is 6.52. The average Bonchev–Trinajstić information content (AvgIpc) is 2.96. The van der Waals surface area contributed by atoms with Gasteiger partial charge in [-0.3, -0.25) is 14.4 Å². The number of aromatic nitrogens is 1. The molecule has 1 aromatic carbocycles. The molecule has 1 N–H and O–H groups in total. The van der Waals surface area contributed by atoms with Crippen LogP contribution in [0.15, 0.2) is 47.5 Å². The predicted molar refractivity (Wildman–Crippen MR) is 99.8 cm³/mol. The van der Waals surface area contributed by atoms with Crippen molar-refractivity contribution in [2.75, 3.05) is 9.62 Å². The molecule has 1 amide bonds. The molecule has 2 heterocycles. The van der Waals surface area contributed by atoms with Crippen LogP contribution in [-0.2, 0) is 14.8 Å². The van der Waals surface area contributed by atoms with Crippen molar-refractivity contribution < 1.29 is 35.9 Å². The zero-order chi connectivity index (χ0) is 22.3. The molecule has 0 spiro atoms. The molecule has 3 rings (SSSR count). The number of sulfonamides is 1. The molecule has 0 unspecified atom stereocenters. The van der Waals surface area contributed by atoms with Crippen molar-refractivity contribution in [3.8, 4) is 0 Å². The van der Waals surface area contributed by atoms with Gasteiger partial charge in [-0.1, -0.05) is 12.1 Å². The van der Waals surface area contributed by atoms with Gasteiger partial charge in [0.05, 0.1) is 16.6 Å². The van der Waals surface area contributed by atoms with E-state index < -0.39 is 34.4 Å². The van der Waals surface area contributed by atoms with Gasteiger partial charge in [-0.25, -0.2) is 18.2 Å². The number of nitrogens with zero attached hydrogens (tertiary/aromatic N) is 2. The number of Topliss-reactive ketones (excluding diaryl/α,β-unsaturated/α-hetero) is 1. The number of ether oxygens (including phenoxy) is 1. The highest BCUT2D eigenvalue weighted by Gasteiger charge is 2.55. The van der Waals surface area contributed by atoms with Gasteiger partial charge < -0.3 is 4.74 Å². The van der Waals surface area contributed by atoms with Gasteiger partial charge in [0.1, 0.15) is 0 Å². The van der Waals surface area contributed by atoms with E-state index in [9.17, 15) is 31.2 Å². The summed E-state index contributed by atoms with van der Waals surface area (Å²) in [6, 6.07) is 6.34. The number of hydrogen-bond donors (Lipinski definition) is 1. The normalized spacial score (nSPS) is 19.5. The SMILES string of the molecule is CC(=O)c1cccc(S(=O)(=O)Nc2cccnc2N2C(=O)O[C@@H](C(F)(F)F)[C@@H]2C)c1. The lowest BCUT2D eigenvalue weighted by Crippen LogP contribution is -2.41. The number of pyridine rings is 1. The van der Waals surface area contributed by atoms with Crippen LogP contribution in [0, 0.1) is 0 Å². The van der Waals surface area contributed by atoms with Crippen molar-refractivity contribution in [1.29, 1.82) is 0 Å². The van der Waals surface area contributed by atoms with E-state index in [4.69, 9.17) is 0 Å². The number of cyclic esters (lactones) is 1. The van der Waals surface area contributed by atoms with Crippen LogP contribution in [-0.4, -0.2) is 43.6 Å². The van der Waals surface area contributed by atoms with Crippen LogP contribution in [0.5, 0.6) is 0 Å². The van der Waals surface area contributed by atoms with Crippen molar-refractivity contribution in [2.24, 2.45) is 0 Å². The molecule has 1 saturated heterocycles. The van der Waals surface area contributed by atoms with E-state index >= 15 is 0 Å². The largest absolute Gasteiger partial charge is 0.434 e. The molecule has 1 aliphatic heterocycles. The molecule has 0 saturated carbocycles. The standard InChI is InChI=1S/C18H16F3N3O5S/c1-10-15(18(19,20)21)29-17(26)24(10)16-14(7-4-8-22-16)23-30(27,28)13-6-3-5-12(9-13)11(2)25/h3-10,15,23H,1-2H3/t10-,15+/m0/s1. The molecule has 1 aromatic heterocycles. The predicted octanol–water partition coefficient (Wildman–Crippen LogP) is 3.36. The Hall–Kier alpha value is -3.15. The highest BCUT2D eigenvalue weighted by atomic mass is 32.2. The van der Waals surface area contributed by atoms with Crippen molar-refractivity contribution in [3.63, 3.8) is 0 Å². The Balaban J connectivity index is 1.98. The van der Waals surface area contributed by atoms with Crippen molar-refractivity contribution in [2.45, 2.75) is 37.1 Å². The number of ketones is 1. The molecule has 2 aromatic rings. The van der Waals surface area contributed by atoms with Gasteiger partial charge in [0.2, 0.25) is 6.10 Å². The number of alkyl halides is 3. The second kappa shape index (κ2) is 7.59. The van der Waals surface area contributed by atoms with Crippen molar-refractivity contribution >= 4 is 33.4 Å². The highest BCUT2D eigenvalue weighted by Crippen LogP contribution is 2.37. The Morgan fingerprint density at radius 1 is 1.23 bits per heavy atom. The third-order valence-electron chi connectivity index (χ3n) is 4.40. The lowest BCUT2D eigenvalue weighted by Gasteiger charge is -2.23. The van der Waals surface area contributed by atoms with E-state index in [-0.39, 0.29) is 27.7 Å². The van der Waals surface area contributed by atoms with Crippen LogP contribution in [0.25, 0.3) is 0 Å². The maximum absolute atomic E-state index is 13.1. The van der Waals surface area contributed by atoms with E-state index in [0.717, 1.165) is 13.0 Å². The Morgan fingerprint density at radius 2 is 1.93 bits per heavy atom. The molecule has 0 bridgehead atoms. The van der Waals surface area contributed by atoms with Crippen LogP contribution in [0.4, 0.5) is 29.5 Å². The molecule has 1 aliphatic rings. The van der Waals surface area contributed by atoms with Gasteiger partial charge in [-0.05, 0) is 38.1 Å². The van der Waals surface area contributed by atoms with E-state index in [1.54, 1.807) is 0 Å². The third kappa shape index (κ3) is 4.08. The molecule has 8 nitrogen and oxygen atoms in total. The fourth-order valence-electron chi connectivity index (χ4n) is 2.94. The second-order valence-corrected chi connectivity index (χ2v) is 8.20. The number of carbonyl (C=O) groups is 2. The van der Waals surface area contributed by atoms with E-state index in [2.05, 4.69) is 14.4 Å². The maximum Gasteiger partial charge on any atom is 0.427 e. The Bertz CT molecular complexity index is 1100. The summed E-state index contributed by atoms with van der Waals surface area (Å²) in [6.45, 7) is 2.39. The zero-order valence-corrected chi connectivity index (χ0v) is 16.5. The molecule has 0 radical (unpaired) electrons. The number of benzene rings is 1. The highest BCUT2D eigenvalue weighted by molar-refractivity contribution is 7.92. The quantitative estimate of drug-likeness (QED) is 0.711. The van der Waals surface area contributed by atoms with Gasteiger partial charge in [-0.15, -0.1) is 0 Å². The van der Waals surface area contributed by atoms with Gasteiger partial charge in [0.15, 0.2) is 11.6 Å². The number of halogens is 3. The Kier molecular flexibility index (Phi) is 5.46. The van der Waals surface area contributed by atoms with Crippen LogP contribution >= 0.6 is 0 Å². The summed E-state index contributed by atoms with van der Waals surface area (Å²) in [5.41, 5.74) is -0.0635. The monoisotopic (exact) mass is 443 g/mol. The minimum absolute atomic E-state index is 0.161. The first-order valence-corrected chi connectivity index (χ1v) is 10.1. The van der Waals surface area contributed by atoms with Gasteiger partial charge in [-0.2, -0.15) is 13.2 Å². The molecular weight excluding hydrogens is 427 g/mol. The molecule has 1 fully saturated rings. The van der Waals surface area contributed by atoms with Gasteiger partial charge >= 0.3 is 12.3 Å².